The van der Waals surface area contributed by atoms with E-state index in [0.29, 0.717) is 6.04 Å². The van der Waals surface area contributed by atoms with Crippen LogP contribution in [0.1, 0.15) is 29.6 Å². The van der Waals surface area contributed by atoms with Gasteiger partial charge in [0.1, 0.15) is 0 Å². The molecule has 4 nitrogen and oxygen atoms in total. The molecule has 0 spiro atoms. The Labute approximate surface area is 115 Å². The van der Waals surface area contributed by atoms with E-state index in [2.05, 4.69) is 10.6 Å². The van der Waals surface area contributed by atoms with E-state index in [-0.39, 0.29) is 5.91 Å². The molecule has 0 bridgehead atoms. The Kier molecular flexibility index (Phi) is 4.80. The number of carbonyl (C=O) groups excluding carboxylic acids is 1. The fourth-order valence-corrected chi connectivity index (χ4v) is 2.38. The van der Waals surface area contributed by atoms with Crippen LogP contribution >= 0.6 is 0 Å². The molecular formula is C15H23N3O. The van der Waals surface area contributed by atoms with E-state index in [0.717, 1.165) is 30.8 Å². The normalized spacial score (nSPS) is 18.3. The minimum atomic E-state index is 0.0169. The molecule has 1 fully saturated rings. The molecule has 1 aliphatic rings. The molecule has 1 atom stereocenters. The van der Waals surface area contributed by atoms with Crippen molar-refractivity contribution in [3.8, 4) is 0 Å². The highest BCUT2D eigenvalue weighted by Crippen LogP contribution is 2.12. The summed E-state index contributed by atoms with van der Waals surface area (Å²) in [5, 5.41) is 6.42. The number of hydrogen-bond acceptors (Lipinski definition) is 3. The van der Waals surface area contributed by atoms with E-state index in [4.69, 9.17) is 0 Å². The molecular weight excluding hydrogens is 238 g/mol. The molecule has 1 saturated heterocycles. The first-order valence-electron chi connectivity index (χ1n) is 6.96. The summed E-state index contributed by atoms with van der Waals surface area (Å²) in [6, 6.07) is 8.26. The Hall–Kier alpha value is -1.55. The van der Waals surface area contributed by atoms with Gasteiger partial charge in [-0.3, -0.25) is 4.79 Å². The van der Waals surface area contributed by atoms with Gasteiger partial charge in [-0.1, -0.05) is 0 Å². The summed E-state index contributed by atoms with van der Waals surface area (Å²) in [5.41, 5.74) is 1.83. The van der Waals surface area contributed by atoms with Crippen molar-refractivity contribution < 1.29 is 4.79 Å². The third-order valence-corrected chi connectivity index (χ3v) is 3.59. The predicted octanol–water partition coefficient (Wildman–Crippen LogP) is 1.62. The summed E-state index contributed by atoms with van der Waals surface area (Å²) in [6.07, 6.45) is 3.50. The van der Waals surface area contributed by atoms with Gasteiger partial charge in [0, 0.05) is 37.9 Å². The van der Waals surface area contributed by atoms with Crippen LogP contribution in [0.15, 0.2) is 24.3 Å². The number of benzene rings is 1. The van der Waals surface area contributed by atoms with E-state index in [9.17, 15) is 4.79 Å². The van der Waals surface area contributed by atoms with Crippen molar-refractivity contribution in [2.45, 2.75) is 25.3 Å². The van der Waals surface area contributed by atoms with Crippen LogP contribution in [0.3, 0.4) is 0 Å². The summed E-state index contributed by atoms with van der Waals surface area (Å²) in [4.78, 5) is 14.0. The van der Waals surface area contributed by atoms with Gasteiger partial charge < -0.3 is 15.5 Å². The van der Waals surface area contributed by atoms with Gasteiger partial charge in [-0.15, -0.1) is 0 Å². The van der Waals surface area contributed by atoms with Gasteiger partial charge in [0.15, 0.2) is 0 Å². The van der Waals surface area contributed by atoms with Crippen LogP contribution in [-0.4, -0.2) is 39.1 Å². The predicted molar refractivity (Wildman–Crippen MR) is 78.7 cm³/mol. The molecule has 1 amide bonds. The first-order chi connectivity index (χ1) is 9.16. The third kappa shape index (κ3) is 3.96. The molecule has 0 saturated carbocycles. The molecule has 0 aliphatic carbocycles. The quantitative estimate of drug-likeness (QED) is 0.846. The number of anilines is 1. The van der Waals surface area contributed by atoms with Crippen LogP contribution in [0.25, 0.3) is 0 Å². The molecule has 2 N–H and O–H groups in total. The summed E-state index contributed by atoms with van der Waals surface area (Å²) >= 11 is 0. The molecule has 4 heteroatoms. The summed E-state index contributed by atoms with van der Waals surface area (Å²) in [5.74, 6) is 0.0169. The molecule has 0 radical (unpaired) electrons. The number of nitrogens with zero attached hydrogens (tertiary/aromatic N) is 1. The van der Waals surface area contributed by atoms with Crippen molar-refractivity contribution in [3.63, 3.8) is 0 Å². The van der Waals surface area contributed by atoms with E-state index in [1.165, 1.54) is 12.8 Å². The summed E-state index contributed by atoms with van der Waals surface area (Å²) in [7, 11) is 3.98. The lowest BCUT2D eigenvalue weighted by Gasteiger charge is -2.13. The molecule has 19 heavy (non-hydrogen) atoms. The standard InChI is InChI=1S/C15H23N3O/c1-18(2)14-7-5-12(6-8-14)15(19)17-11-9-13-4-3-10-16-13/h5-8,13,16H,3-4,9-11H2,1-2H3,(H,17,19)/t13-/m1/s1. The number of nitrogens with one attached hydrogen (secondary N) is 2. The van der Waals surface area contributed by atoms with Gasteiger partial charge >= 0.3 is 0 Å². The topological polar surface area (TPSA) is 44.4 Å². The number of rotatable bonds is 5. The van der Waals surface area contributed by atoms with Crippen molar-refractivity contribution >= 4 is 11.6 Å². The molecule has 2 rings (SSSR count). The van der Waals surface area contributed by atoms with Crippen LogP contribution in [0.4, 0.5) is 5.69 Å². The molecule has 1 aromatic carbocycles. The highest BCUT2D eigenvalue weighted by Gasteiger charge is 2.13. The van der Waals surface area contributed by atoms with Crippen LogP contribution in [0, 0.1) is 0 Å². The second-order valence-electron chi connectivity index (χ2n) is 5.28. The van der Waals surface area contributed by atoms with Crippen molar-refractivity contribution in [3.05, 3.63) is 29.8 Å². The van der Waals surface area contributed by atoms with Crippen molar-refractivity contribution in [1.82, 2.24) is 10.6 Å². The smallest absolute Gasteiger partial charge is 0.251 e. The molecule has 1 aliphatic heterocycles. The Bertz CT molecular complexity index is 408. The second kappa shape index (κ2) is 6.57. The molecule has 0 unspecified atom stereocenters. The minimum Gasteiger partial charge on any atom is -0.378 e. The molecule has 1 heterocycles. The Morgan fingerprint density at radius 2 is 2.11 bits per heavy atom. The summed E-state index contributed by atoms with van der Waals surface area (Å²) in [6.45, 7) is 1.86. The average Bonchev–Trinajstić information content (AvgIpc) is 2.92. The van der Waals surface area contributed by atoms with Crippen LogP contribution in [0.2, 0.25) is 0 Å². The number of carbonyl (C=O) groups is 1. The average molecular weight is 261 g/mol. The van der Waals surface area contributed by atoms with Crippen LogP contribution in [0.5, 0.6) is 0 Å². The largest absolute Gasteiger partial charge is 0.378 e. The second-order valence-corrected chi connectivity index (χ2v) is 5.28. The van der Waals surface area contributed by atoms with Crippen molar-refractivity contribution in [2.24, 2.45) is 0 Å². The van der Waals surface area contributed by atoms with Gasteiger partial charge in [-0.05, 0) is 50.1 Å². The van der Waals surface area contributed by atoms with Crippen molar-refractivity contribution in [1.29, 1.82) is 0 Å². The highest BCUT2D eigenvalue weighted by molar-refractivity contribution is 5.94. The summed E-state index contributed by atoms with van der Waals surface area (Å²) < 4.78 is 0. The van der Waals surface area contributed by atoms with Crippen LogP contribution in [-0.2, 0) is 0 Å². The lowest BCUT2D eigenvalue weighted by molar-refractivity contribution is 0.0952. The van der Waals surface area contributed by atoms with Crippen LogP contribution < -0.4 is 15.5 Å². The SMILES string of the molecule is CN(C)c1ccc(C(=O)NCC[C@H]2CCCN2)cc1. The van der Waals surface area contributed by atoms with Gasteiger partial charge in [0.2, 0.25) is 0 Å². The Morgan fingerprint density at radius 1 is 1.37 bits per heavy atom. The number of amides is 1. The molecule has 0 aromatic heterocycles. The van der Waals surface area contributed by atoms with Gasteiger partial charge in [0.05, 0.1) is 0 Å². The van der Waals surface area contributed by atoms with Crippen molar-refractivity contribution in [2.75, 3.05) is 32.1 Å². The van der Waals surface area contributed by atoms with Gasteiger partial charge in [0.25, 0.3) is 5.91 Å². The van der Waals surface area contributed by atoms with E-state index < -0.39 is 0 Å². The first kappa shape index (κ1) is 13.9. The fraction of sp³-hybridized carbons (Fsp3) is 0.533. The zero-order valence-corrected chi connectivity index (χ0v) is 11.8. The zero-order chi connectivity index (χ0) is 13.7. The van der Waals surface area contributed by atoms with Gasteiger partial charge in [-0.25, -0.2) is 0 Å². The maximum absolute atomic E-state index is 12.0. The first-order valence-corrected chi connectivity index (χ1v) is 6.96. The van der Waals surface area contributed by atoms with E-state index in [1.807, 2.05) is 43.3 Å². The Morgan fingerprint density at radius 3 is 2.68 bits per heavy atom. The third-order valence-electron chi connectivity index (χ3n) is 3.59. The monoisotopic (exact) mass is 261 g/mol. The maximum Gasteiger partial charge on any atom is 0.251 e. The molecule has 1 aromatic rings. The highest BCUT2D eigenvalue weighted by atomic mass is 16.1. The lowest BCUT2D eigenvalue weighted by Crippen LogP contribution is -2.30. The Balaban J connectivity index is 1.78. The minimum absolute atomic E-state index is 0.0169. The zero-order valence-electron chi connectivity index (χ0n) is 11.8. The fourth-order valence-electron chi connectivity index (χ4n) is 2.38. The number of hydrogen-bond donors (Lipinski definition) is 2. The van der Waals surface area contributed by atoms with Gasteiger partial charge in [-0.2, -0.15) is 0 Å². The van der Waals surface area contributed by atoms with E-state index >= 15 is 0 Å². The molecule has 104 valence electrons. The lowest BCUT2D eigenvalue weighted by atomic mass is 10.1. The van der Waals surface area contributed by atoms with E-state index in [1.54, 1.807) is 0 Å². The maximum atomic E-state index is 12.0.